The lowest BCUT2D eigenvalue weighted by atomic mass is 10.0. The molecular weight excluding hydrogens is 183 g/mol. The summed E-state index contributed by atoms with van der Waals surface area (Å²) < 4.78 is 13.3. The Morgan fingerprint density at radius 1 is 1.50 bits per heavy atom. The Labute approximate surface area is 82.4 Å². The minimum absolute atomic E-state index is 0.0541. The Bertz CT molecular complexity index is 334. The second kappa shape index (κ2) is 4.74. The summed E-state index contributed by atoms with van der Waals surface area (Å²) >= 11 is 0. The number of carbonyl (C=O) groups is 1. The van der Waals surface area contributed by atoms with E-state index in [9.17, 15) is 9.18 Å². The van der Waals surface area contributed by atoms with Crippen molar-refractivity contribution in [3.63, 3.8) is 0 Å². The van der Waals surface area contributed by atoms with Crippen molar-refractivity contribution >= 4 is 5.97 Å². The van der Waals surface area contributed by atoms with Gasteiger partial charge < -0.3 is 5.11 Å². The van der Waals surface area contributed by atoms with Crippen molar-refractivity contribution in [1.82, 2.24) is 0 Å². The highest BCUT2D eigenvalue weighted by Crippen LogP contribution is 2.16. The molecule has 0 atom stereocenters. The maximum atomic E-state index is 13.3. The molecule has 1 aromatic rings. The SMILES string of the molecule is [CH2]CCCc1c(F)cccc1C(=O)O. The number of hydrogen-bond acceptors (Lipinski definition) is 1. The van der Waals surface area contributed by atoms with Crippen LogP contribution in [0.25, 0.3) is 0 Å². The van der Waals surface area contributed by atoms with Gasteiger partial charge in [0.25, 0.3) is 0 Å². The fraction of sp³-hybridized carbons (Fsp3) is 0.273. The van der Waals surface area contributed by atoms with Crippen molar-refractivity contribution < 1.29 is 14.3 Å². The van der Waals surface area contributed by atoms with Gasteiger partial charge in [0.05, 0.1) is 5.56 Å². The highest BCUT2D eigenvalue weighted by Gasteiger charge is 2.12. The van der Waals surface area contributed by atoms with E-state index in [1.807, 2.05) is 0 Å². The minimum Gasteiger partial charge on any atom is -0.478 e. The van der Waals surface area contributed by atoms with Gasteiger partial charge in [-0.25, -0.2) is 9.18 Å². The summed E-state index contributed by atoms with van der Waals surface area (Å²) in [5.41, 5.74) is 0.335. The zero-order valence-electron chi connectivity index (χ0n) is 7.79. The number of benzene rings is 1. The first-order valence-corrected chi connectivity index (χ1v) is 4.46. The summed E-state index contributed by atoms with van der Waals surface area (Å²) in [7, 11) is 0. The van der Waals surface area contributed by atoms with Crippen molar-refractivity contribution in [2.45, 2.75) is 19.3 Å². The fourth-order valence-electron chi connectivity index (χ4n) is 1.31. The lowest BCUT2D eigenvalue weighted by molar-refractivity contribution is 0.0695. The first-order valence-electron chi connectivity index (χ1n) is 4.46. The first kappa shape index (κ1) is 10.7. The predicted octanol–water partition coefficient (Wildman–Crippen LogP) is 2.68. The molecule has 0 aliphatic heterocycles. The molecule has 75 valence electrons. The molecular formula is C11H12FO2. The van der Waals surface area contributed by atoms with Crippen LogP contribution in [0.3, 0.4) is 0 Å². The Balaban J connectivity index is 3.02. The third-order valence-corrected chi connectivity index (χ3v) is 2.03. The van der Waals surface area contributed by atoms with Gasteiger partial charge in [0.15, 0.2) is 0 Å². The summed E-state index contributed by atoms with van der Waals surface area (Å²) in [5.74, 6) is -1.53. The van der Waals surface area contributed by atoms with E-state index in [2.05, 4.69) is 6.92 Å². The molecule has 2 nitrogen and oxygen atoms in total. The number of unbranched alkanes of at least 4 members (excludes halogenated alkanes) is 1. The van der Waals surface area contributed by atoms with Gasteiger partial charge in [-0.3, -0.25) is 0 Å². The predicted molar refractivity (Wildman–Crippen MR) is 51.7 cm³/mol. The molecule has 0 aromatic heterocycles. The Hall–Kier alpha value is -1.38. The molecule has 1 N–H and O–H groups in total. The second-order valence-corrected chi connectivity index (χ2v) is 3.03. The van der Waals surface area contributed by atoms with Crippen LogP contribution in [0.2, 0.25) is 0 Å². The Kier molecular flexibility index (Phi) is 3.63. The van der Waals surface area contributed by atoms with Crippen molar-refractivity contribution in [2.24, 2.45) is 0 Å². The molecule has 1 aromatic carbocycles. The zero-order chi connectivity index (χ0) is 10.6. The highest BCUT2D eigenvalue weighted by molar-refractivity contribution is 5.89. The van der Waals surface area contributed by atoms with E-state index in [4.69, 9.17) is 5.11 Å². The van der Waals surface area contributed by atoms with Gasteiger partial charge in [0.1, 0.15) is 5.82 Å². The van der Waals surface area contributed by atoms with E-state index in [0.717, 1.165) is 0 Å². The van der Waals surface area contributed by atoms with Gasteiger partial charge in [-0.2, -0.15) is 0 Å². The maximum Gasteiger partial charge on any atom is 0.336 e. The van der Waals surface area contributed by atoms with Gasteiger partial charge >= 0.3 is 5.97 Å². The monoisotopic (exact) mass is 195 g/mol. The van der Waals surface area contributed by atoms with Crippen LogP contribution in [0, 0.1) is 12.7 Å². The van der Waals surface area contributed by atoms with Gasteiger partial charge in [0.2, 0.25) is 0 Å². The smallest absolute Gasteiger partial charge is 0.336 e. The fourth-order valence-corrected chi connectivity index (χ4v) is 1.31. The summed E-state index contributed by atoms with van der Waals surface area (Å²) in [6.07, 6.45) is 1.80. The molecule has 0 saturated heterocycles. The van der Waals surface area contributed by atoms with Crippen LogP contribution in [-0.4, -0.2) is 11.1 Å². The van der Waals surface area contributed by atoms with Crippen LogP contribution in [0.5, 0.6) is 0 Å². The van der Waals surface area contributed by atoms with Crippen LogP contribution in [0.4, 0.5) is 4.39 Å². The molecule has 0 amide bonds. The van der Waals surface area contributed by atoms with E-state index in [1.54, 1.807) is 0 Å². The molecule has 0 aliphatic carbocycles. The first-order chi connectivity index (χ1) is 6.66. The van der Waals surface area contributed by atoms with Crippen molar-refractivity contribution in [2.75, 3.05) is 0 Å². The van der Waals surface area contributed by atoms with Crippen LogP contribution >= 0.6 is 0 Å². The van der Waals surface area contributed by atoms with E-state index in [0.29, 0.717) is 19.3 Å². The van der Waals surface area contributed by atoms with E-state index in [1.165, 1.54) is 18.2 Å². The molecule has 0 bridgehead atoms. The lowest BCUT2D eigenvalue weighted by Gasteiger charge is -2.05. The molecule has 3 heteroatoms. The second-order valence-electron chi connectivity index (χ2n) is 3.03. The third kappa shape index (κ3) is 2.31. The maximum absolute atomic E-state index is 13.3. The zero-order valence-corrected chi connectivity index (χ0v) is 7.79. The van der Waals surface area contributed by atoms with E-state index in [-0.39, 0.29) is 11.1 Å². The molecule has 0 aliphatic rings. The normalized spacial score (nSPS) is 10.1. The molecule has 0 unspecified atom stereocenters. The molecule has 0 spiro atoms. The molecule has 1 radical (unpaired) electrons. The van der Waals surface area contributed by atoms with Crippen molar-refractivity contribution in [3.8, 4) is 0 Å². The number of carboxylic acid groups (broad SMARTS) is 1. The molecule has 1 rings (SSSR count). The third-order valence-electron chi connectivity index (χ3n) is 2.03. The average Bonchev–Trinajstić information content (AvgIpc) is 2.15. The highest BCUT2D eigenvalue weighted by atomic mass is 19.1. The van der Waals surface area contributed by atoms with Crippen molar-refractivity contribution in [1.29, 1.82) is 0 Å². The number of rotatable bonds is 4. The van der Waals surface area contributed by atoms with Crippen LogP contribution in [0.15, 0.2) is 18.2 Å². The van der Waals surface area contributed by atoms with Crippen LogP contribution in [-0.2, 0) is 6.42 Å². The van der Waals surface area contributed by atoms with Crippen LogP contribution in [0.1, 0.15) is 28.8 Å². The quantitative estimate of drug-likeness (QED) is 0.801. The van der Waals surface area contributed by atoms with E-state index >= 15 is 0 Å². The van der Waals surface area contributed by atoms with Crippen LogP contribution < -0.4 is 0 Å². The molecule has 0 fully saturated rings. The number of carboxylic acids is 1. The molecule has 0 saturated carbocycles. The van der Waals surface area contributed by atoms with Crippen molar-refractivity contribution in [3.05, 3.63) is 42.1 Å². The summed E-state index contributed by atoms with van der Waals surface area (Å²) in [6.45, 7) is 3.64. The number of hydrogen-bond donors (Lipinski definition) is 1. The largest absolute Gasteiger partial charge is 0.478 e. The minimum atomic E-state index is -1.08. The average molecular weight is 195 g/mol. The van der Waals surface area contributed by atoms with Gasteiger partial charge in [-0.1, -0.05) is 19.4 Å². The van der Waals surface area contributed by atoms with E-state index < -0.39 is 11.8 Å². The summed E-state index contributed by atoms with van der Waals surface area (Å²) in [4.78, 5) is 10.8. The Morgan fingerprint density at radius 3 is 2.79 bits per heavy atom. The number of aromatic carboxylic acids is 1. The van der Waals surface area contributed by atoms with Gasteiger partial charge in [-0.05, 0) is 25.0 Å². The van der Waals surface area contributed by atoms with Gasteiger partial charge in [0, 0.05) is 5.56 Å². The topological polar surface area (TPSA) is 37.3 Å². The molecule has 0 heterocycles. The Morgan fingerprint density at radius 2 is 2.21 bits per heavy atom. The number of halogens is 1. The standard InChI is InChI=1S/C11H12FO2/c1-2-3-5-8-9(11(13)14)6-4-7-10(8)12/h4,6-7H,1-3,5H2,(H,13,14). The summed E-state index contributed by atoms with van der Waals surface area (Å²) in [6, 6.07) is 4.11. The molecule has 14 heavy (non-hydrogen) atoms. The summed E-state index contributed by atoms with van der Waals surface area (Å²) in [5, 5.41) is 8.81. The van der Waals surface area contributed by atoms with Gasteiger partial charge in [-0.15, -0.1) is 0 Å². The lowest BCUT2D eigenvalue weighted by Crippen LogP contribution is -2.04.